The van der Waals surface area contributed by atoms with Gasteiger partial charge < -0.3 is 14.4 Å². The Morgan fingerprint density at radius 2 is 1.78 bits per heavy atom. The molecule has 0 aliphatic rings. The molecule has 0 heterocycles. The molecule has 0 saturated carbocycles. The normalized spacial score (nSPS) is 11.0. The molecule has 0 aliphatic carbocycles. The third-order valence-electron chi connectivity index (χ3n) is 3.72. The molecular formula is C18H21ClN2O5S. The first-order valence-electron chi connectivity index (χ1n) is 7.88. The zero-order chi connectivity index (χ0) is 20.2. The number of carbonyl (C=O) groups is 1. The van der Waals surface area contributed by atoms with Gasteiger partial charge in [0.15, 0.2) is 11.5 Å². The standard InChI is InChI=1S/C18H21ClN2O5S/c1-21(11-12-5-8-16(25-2)17(9-12)26-3)18(22)14-7-6-13(10-15(14)19)20-27(4,23)24/h5-10,20H,11H2,1-4H3. The molecule has 146 valence electrons. The molecule has 2 rings (SSSR count). The minimum Gasteiger partial charge on any atom is -0.493 e. The Balaban J connectivity index is 2.17. The maximum Gasteiger partial charge on any atom is 0.255 e. The van der Waals surface area contributed by atoms with E-state index in [1.165, 1.54) is 23.1 Å². The van der Waals surface area contributed by atoms with Crippen molar-refractivity contribution in [3.63, 3.8) is 0 Å². The molecule has 0 unspecified atom stereocenters. The van der Waals surface area contributed by atoms with E-state index in [0.717, 1.165) is 11.8 Å². The molecule has 0 fully saturated rings. The molecule has 0 spiro atoms. The number of benzene rings is 2. The van der Waals surface area contributed by atoms with E-state index >= 15 is 0 Å². The second kappa shape index (κ2) is 8.49. The van der Waals surface area contributed by atoms with Crippen LogP contribution in [-0.2, 0) is 16.6 Å². The molecule has 0 aliphatic heterocycles. The van der Waals surface area contributed by atoms with Crippen LogP contribution in [0.4, 0.5) is 5.69 Å². The van der Waals surface area contributed by atoms with Crippen molar-refractivity contribution in [1.82, 2.24) is 4.90 Å². The Hall–Kier alpha value is -2.45. The summed E-state index contributed by atoms with van der Waals surface area (Å²) in [4.78, 5) is 14.2. The Morgan fingerprint density at radius 1 is 1.11 bits per heavy atom. The highest BCUT2D eigenvalue weighted by molar-refractivity contribution is 7.92. The van der Waals surface area contributed by atoms with Gasteiger partial charge in [-0.25, -0.2) is 8.42 Å². The van der Waals surface area contributed by atoms with Crippen LogP contribution in [0.5, 0.6) is 11.5 Å². The summed E-state index contributed by atoms with van der Waals surface area (Å²) in [5.74, 6) is 0.887. The van der Waals surface area contributed by atoms with Crippen LogP contribution in [0.3, 0.4) is 0 Å². The second-order valence-electron chi connectivity index (χ2n) is 5.92. The van der Waals surface area contributed by atoms with Crippen molar-refractivity contribution in [2.75, 3.05) is 32.2 Å². The monoisotopic (exact) mass is 412 g/mol. The van der Waals surface area contributed by atoms with Gasteiger partial charge in [-0.3, -0.25) is 9.52 Å². The van der Waals surface area contributed by atoms with Crippen LogP contribution < -0.4 is 14.2 Å². The molecule has 1 N–H and O–H groups in total. The van der Waals surface area contributed by atoms with E-state index in [1.54, 1.807) is 33.4 Å². The number of methoxy groups -OCH3 is 2. The summed E-state index contributed by atoms with van der Waals surface area (Å²) in [6.45, 7) is 0.332. The van der Waals surface area contributed by atoms with E-state index in [4.69, 9.17) is 21.1 Å². The molecule has 27 heavy (non-hydrogen) atoms. The van der Waals surface area contributed by atoms with Crippen molar-refractivity contribution in [3.8, 4) is 11.5 Å². The van der Waals surface area contributed by atoms with Gasteiger partial charge in [-0.1, -0.05) is 17.7 Å². The minimum absolute atomic E-state index is 0.160. The third-order valence-corrected chi connectivity index (χ3v) is 4.64. The predicted molar refractivity (Wildman–Crippen MR) is 105 cm³/mol. The lowest BCUT2D eigenvalue weighted by Crippen LogP contribution is -2.26. The van der Waals surface area contributed by atoms with Gasteiger partial charge in [0.1, 0.15) is 0 Å². The molecule has 1 amide bonds. The molecule has 0 saturated heterocycles. The highest BCUT2D eigenvalue weighted by Crippen LogP contribution is 2.28. The topological polar surface area (TPSA) is 84.9 Å². The number of anilines is 1. The van der Waals surface area contributed by atoms with E-state index < -0.39 is 10.0 Å². The number of rotatable bonds is 7. The van der Waals surface area contributed by atoms with Crippen molar-refractivity contribution in [2.45, 2.75) is 6.54 Å². The molecule has 7 nitrogen and oxygen atoms in total. The Bertz CT molecular complexity index is 947. The number of amides is 1. The van der Waals surface area contributed by atoms with Crippen LogP contribution in [0.25, 0.3) is 0 Å². The number of hydrogen-bond acceptors (Lipinski definition) is 5. The van der Waals surface area contributed by atoms with Crippen molar-refractivity contribution in [2.24, 2.45) is 0 Å². The van der Waals surface area contributed by atoms with E-state index in [1.807, 2.05) is 6.07 Å². The van der Waals surface area contributed by atoms with Gasteiger partial charge >= 0.3 is 0 Å². The van der Waals surface area contributed by atoms with Crippen molar-refractivity contribution in [3.05, 3.63) is 52.5 Å². The van der Waals surface area contributed by atoms with Crippen molar-refractivity contribution >= 4 is 33.2 Å². The summed E-state index contributed by atoms with van der Waals surface area (Å²) in [6, 6.07) is 9.79. The lowest BCUT2D eigenvalue weighted by atomic mass is 10.1. The summed E-state index contributed by atoms with van der Waals surface area (Å²) >= 11 is 6.17. The number of hydrogen-bond donors (Lipinski definition) is 1. The number of ether oxygens (including phenoxy) is 2. The summed E-state index contributed by atoms with van der Waals surface area (Å²) in [6.07, 6.45) is 1.04. The first-order valence-corrected chi connectivity index (χ1v) is 10.1. The molecular weight excluding hydrogens is 392 g/mol. The molecule has 9 heteroatoms. The average molecular weight is 413 g/mol. The first kappa shape index (κ1) is 20.9. The molecule has 0 atom stereocenters. The zero-order valence-corrected chi connectivity index (χ0v) is 17.0. The van der Waals surface area contributed by atoms with E-state index in [-0.39, 0.29) is 16.5 Å². The smallest absolute Gasteiger partial charge is 0.255 e. The number of sulfonamides is 1. The molecule has 2 aromatic rings. The number of nitrogens with one attached hydrogen (secondary N) is 1. The van der Waals surface area contributed by atoms with Crippen LogP contribution in [-0.4, -0.2) is 46.7 Å². The van der Waals surface area contributed by atoms with E-state index in [0.29, 0.717) is 23.7 Å². The van der Waals surface area contributed by atoms with Crippen LogP contribution in [0.1, 0.15) is 15.9 Å². The van der Waals surface area contributed by atoms with Gasteiger partial charge in [-0.2, -0.15) is 0 Å². The Labute approximate surface area is 163 Å². The SMILES string of the molecule is COc1ccc(CN(C)C(=O)c2ccc(NS(C)(=O)=O)cc2Cl)cc1OC. The predicted octanol–water partition coefficient (Wildman–Crippen LogP) is 3.00. The molecule has 0 bridgehead atoms. The Kier molecular flexibility index (Phi) is 6.56. The van der Waals surface area contributed by atoms with Gasteiger partial charge in [-0.05, 0) is 35.9 Å². The highest BCUT2D eigenvalue weighted by atomic mass is 35.5. The number of carbonyl (C=O) groups excluding carboxylic acids is 1. The quantitative estimate of drug-likeness (QED) is 0.755. The number of halogens is 1. The molecule has 2 aromatic carbocycles. The van der Waals surface area contributed by atoms with E-state index in [9.17, 15) is 13.2 Å². The summed E-state index contributed by atoms with van der Waals surface area (Å²) in [5, 5.41) is 0.160. The van der Waals surface area contributed by atoms with Crippen molar-refractivity contribution in [1.29, 1.82) is 0 Å². The fourth-order valence-electron chi connectivity index (χ4n) is 2.50. The van der Waals surface area contributed by atoms with E-state index in [2.05, 4.69) is 4.72 Å². The lowest BCUT2D eigenvalue weighted by molar-refractivity contribution is 0.0785. The fraction of sp³-hybridized carbons (Fsp3) is 0.278. The number of nitrogens with zero attached hydrogens (tertiary/aromatic N) is 1. The van der Waals surface area contributed by atoms with Gasteiger partial charge in [0, 0.05) is 19.3 Å². The third kappa shape index (κ3) is 5.51. The van der Waals surface area contributed by atoms with Crippen LogP contribution in [0.15, 0.2) is 36.4 Å². The molecule has 0 aromatic heterocycles. The van der Waals surface area contributed by atoms with Crippen LogP contribution >= 0.6 is 11.6 Å². The van der Waals surface area contributed by atoms with Gasteiger partial charge in [0.2, 0.25) is 10.0 Å². The van der Waals surface area contributed by atoms with Crippen LogP contribution in [0.2, 0.25) is 5.02 Å². The second-order valence-corrected chi connectivity index (χ2v) is 8.08. The van der Waals surface area contributed by atoms with Gasteiger partial charge in [-0.15, -0.1) is 0 Å². The van der Waals surface area contributed by atoms with Gasteiger partial charge in [0.25, 0.3) is 5.91 Å². The fourth-order valence-corrected chi connectivity index (χ4v) is 3.31. The van der Waals surface area contributed by atoms with Crippen molar-refractivity contribution < 1.29 is 22.7 Å². The Morgan fingerprint density at radius 3 is 2.33 bits per heavy atom. The summed E-state index contributed by atoms with van der Waals surface area (Å²) in [5.41, 5.74) is 1.43. The maximum absolute atomic E-state index is 12.7. The van der Waals surface area contributed by atoms with Gasteiger partial charge in [0.05, 0.1) is 31.1 Å². The molecule has 0 radical (unpaired) electrons. The summed E-state index contributed by atoms with van der Waals surface area (Å²) < 4.78 is 35.4. The zero-order valence-electron chi connectivity index (χ0n) is 15.4. The average Bonchev–Trinajstić information content (AvgIpc) is 2.59. The maximum atomic E-state index is 12.7. The first-order chi connectivity index (χ1) is 12.6. The minimum atomic E-state index is -3.42. The lowest BCUT2D eigenvalue weighted by Gasteiger charge is -2.19. The summed E-state index contributed by atoms with van der Waals surface area (Å²) in [7, 11) is 1.33. The highest BCUT2D eigenvalue weighted by Gasteiger charge is 2.17. The largest absolute Gasteiger partial charge is 0.493 e. The van der Waals surface area contributed by atoms with Crippen LogP contribution in [0, 0.1) is 0 Å².